The van der Waals surface area contributed by atoms with E-state index >= 15 is 0 Å². The van der Waals surface area contributed by atoms with Gasteiger partial charge in [0, 0.05) is 24.2 Å². The van der Waals surface area contributed by atoms with Gasteiger partial charge in [-0.05, 0) is 50.1 Å². The van der Waals surface area contributed by atoms with Crippen molar-refractivity contribution in [1.82, 2.24) is 9.62 Å². The average Bonchev–Trinajstić information content (AvgIpc) is 2.40. The molecule has 1 fully saturated rings. The van der Waals surface area contributed by atoms with E-state index in [0.29, 0.717) is 22.0 Å². The predicted octanol–water partition coefficient (Wildman–Crippen LogP) is 2.41. The third-order valence-corrected chi connectivity index (χ3v) is 6.14. The molecule has 1 saturated heterocycles. The van der Waals surface area contributed by atoms with Crippen molar-refractivity contribution in [3.63, 3.8) is 0 Å². The lowest BCUT2D eigenvalue weighted by Gasteiger charge is -2.33. The number of nitrogens with zero attached hydrogens (tertiary/aromatic N) is 1. The number of benzene rings is 1. The van der Waals surface area contributed by atoms with Crippen LogP contribution in [0.3, 0.4) is 0 Å². The molecule has 112 valence electrons. The minimum Gasteiger partial charge on any atom is -0.315 e. The molecule has 2 rings (SSSR count). The maximum atomic E-state index is 12.8. The summed E-state index contributed by atoms with van der Waals surface area (Å²) in [5.74, 6) is 0. The fourth-order valence-electron chi connectivity index (χ4n) is 2.73. The van der Waals surface area contributed by atoms with Crippen molar-refractivity contribution in [2.75, 3.05) is 19.6 Å². The molecule has 1 heterocycles. The Hall–Kier alpha value is -0.620. The predicted molar refractivity (Wildman–Crippen MR) is 81.6 cm³/mol. The topological polar surface area (TPSA) is 49.4 Å². The Bertz CT molecular complexity index is 569. The molecule has 20 heavy (non-hydrogen) atoms. The van der Waals surface area contributed by atoms with Gasteiger partial charge in [-0.15, -0.1) is 0 Å². The summed E-state index contributed by atoms with van der Waals surface area (Å²) in [6.45, 7) is 5.84. The summed E-state index contributed by atoms with van der Waals surface area (Å²) in [7, 11) is -3.46. The Morgan fingerprint density at radius 3 is 2.75 bits per heavy atom. The minimum atomic E-state index is -3.46. The molecule has 1 aromatic carbocycles. The summed E-state index contributed by atoms with van der Waals surface area (Å²) in [4.78, 5) is 0.356. The quantitative estimate of drug-likeness (QED) is 0.928. The molecular formula is C14H21ClN2O2S. The first-order chi connectivity index (χ1) is 9.46. The number of hydrogen-bond donors (Lipinski definition) is 1. The Morgan fingerprint density at radius 2 is 2.20 bits per heavy atom. The molecule has 6 heteroatoms. The lowest BCUT2D eigenvalue weighted by molar-refractivity contribution is 0.274. The Labute approximate surface area is 126 Å². The van der Waals surface area contributed by atoms with E-state index in [1.807, 2.05) is 6.92 Å². The van der Waals surface area contributed by atoms with Gasteiger partial charge in [0.1, 0.15) is 0 Å². The fraction of sp³-hybridized carbons (Fsp3) is 0.571. The third-order valence-electron chi connectivity index (χ3n) is 3.71. The van der Waals surface area contributed by atoms with E-state index in [1.165, 1.54) is 0 Å². The summed E-state index contributed by atoms with van der Waals surface area (Å²) >= 11 is 5.91. The number of rotatable bonds is 4. The molecule has 0 radical (unpaired) electrons. The van der Waals surface area contributed by atoms with Crippen molar-refractivity contribution in [3.05, 3.63) is 28.8 Å². The van der Waals surface area contributed by atoms with Crippen molar-refractivity contribution in [2.24, 2.45) is 0 Å². The highest BCUT2D eigenvalue weighted by Crippen LogP contribution is 2.25. The molecule has 1 aliphatic heterocycles. The minimum absolute atomic E-state index is 0.0360. The third kappa shape index (κ3) is 3.17. The van der Waals surface area contributed by atoms with Crippen LogP contribution in [0, 0.1) is 6.92 Å². The van der Waals surface area contributed by atoms with E-state index in [0.717, 1.165) is 25.9 Å². The van der Waals surface area contributed by atoms with E-state index < -0.39 is 10.0 Å². The lowest BCUT2D eigenvalue weighted by Crippen LogP contribution is -2.48. The van der Waals surface area contributed by atoms with E-state index in [2.05, 4.69) is 5.32 Å². The molecule has 1 aliphatic rings. The first-order valence-corrected chi connectivity index (χ1v) is 8.77. The van der Waals surface area contributed by atoms with Crippen molar-refractivity contribution in [3.8, 4) is 0 Å². The molecule has 4 nitrogen and oxygen atoms in total. The highest BCUT2D eigenvalue weighted by Gasteiger charge is 2.31. The second-order valence-electron chi connectivity index (χ2n) is 5.12. The van der Waals surface area contributed by atoms with Gasteiger partial charge >= 0.3 is 0 Å². The molecule has 0 aliphatic carbocycles. The first-order valence-electron chi connectivity index (χ1n) is 6.95. The van der Waals surface area contributed by atoms with Gasteiger partial charge in [-0.3, -0.25) is 0 Å². The second-order valence-corrected chi connectivity index (χ2v) is 7.41. The number of hydrogen-bond acceptors (Lipinski definition) is 3. The average molecular weight is 317 g/mol. The smallest absolute Gasteiger partial charge is 0.243 e. The normalized spacial score (nSPS) is 20.3. The first kappa shape index (κ1) is 15.8. The van der Waals surface area contributed by atoms with Crippen LogP contribution in [0.4, 0.5) is 0 Å². The SMILES string of the molecule is CCN(C1CCCNC1)S(=O)(=O)c1ccc(Cl)cc1C. The molecule has 1 unspecified atom stereocenters. The van der Waals surface area contributed by atoms with Gasteiger partial charge in [-0.2, -0.15) is 4.31 Å². The van der Waals surface area contributed by atoms with E-state index in [4.69, 9.17) is 11.6 Å². The van der Waals surface area contributed by atoms with E-state index in [1.54, 1.807) is 29.4 Å². The monoisotopic (exact) mass is 316 g/mol. The number of aryl methyl sites for hydroxylation is 1. The summed E-state index contributed by atoms with van der Waals surface area (Å²) in [6.07, 6.45) is 1.92. The van der Waals surface area contributed by atoms with Crippen LogP contribution in [0.1, 0.15) is 25.3 Å². The summed E-state index contributed by atoms with van der Waals surface area (Å²) < 4.78 is 27.3. The molecule has 0 amide bonds. The molecule has 1 N–H and O–H groups in total. The molecule has 0 bridgehead atoms. The van der Waals surface area contributed by atoms with Crippen LogP contribution in [0.15, 0.2) is 23.1 Å². The van der Waals surface area contributed by atoms with Crippen molar-refractivity contribution in [2.45, 2.75) is 37.6 Å². The van der Waals surface area contributed by atoms with Crippen molar-refractivity contribution < 1.29 is 8.42 Å². The number of likely N-dealkylation sites (N-methyl/N-ethyl adjacent to an activating group) is 1. The van der Waals surface area contributed by atoms with Crippen LogP contribution in [0.2, 0.25) is 5.02 Å². The van der Waals surface area contributed by atoms with Crippen molar-refractivity contribution >= 4 is 21.6 Å². The molecule has 0 saturated carbocycles. The van der Waals surface area contributed by atoms with Gasteiger partial charge in [0.05, 0.1) is 4.90 Å². The molecular weight excluding hydrogens is 296 g/mol. The van der Waals surface area contributed by atoms with Crippen LogP contribution in [0.5, 0.6) is 0 Å². The summed E-state index contributed by atoms with van der Waals surface area (Å²) in [5, 5.41) is 3.83. The number of halogens is 1. The van der Waals surface area contributed by atoms with Gasteiger partial charge in [0.15, 0.2) is 0 Å². The van der Waals surface area contributed by atoms with Crippen LogP contribution >= 0.6 is 11.6 Å². The van der Waals surface area contributed by atoms with Crippen LogP contribution < -0.4 is 5.32 Å². The highest BCUT2D eigenvalue weighted by molar-refractivity contribution is 7.89. The van der Waals surface area contributed by atoms with Crippen LogP contribution in [-0.2, 0) is 10.0 Å². The number of piperidine rings is 1. The zero-order chi connectivity index (χ0) is 14.8. The van der Waals surface area contributed by atoms with E-state index in [-0.39, 0.29) is 6.04 Å². The molecule has 1 aromatic rings. The molecule has 0 spiro atoms. The highest BCUT2D eigenvalue weighted by atomic mass is 35.5. The molecule has 1 atom stereocenters. The maximum absolute atomic E-state index is 12.8. The Morgan fingerprint density at radius 1 is 1.45 bits per heavy atom. The van der Waals surface area contributed by atoms with Crippen LogP contribution in [0.25, 0.3) is 0 Å². The van der Waals surface area contributed by atoms with Gasteiger partial charge in [-0.25, -0.2) is 8.42 Å². The van der Waals surface area contributed by atoms with Gasteiger partial charge in [0.25, 0.3) is 0 Å². The second kappa shape index (κ2) is 6.43. The largest absolute Gasteiger partial charge is 0.315 e. The zero-order valence-electron chi connectivity index (χ0n) is 11.9. The Balaban J connectivity index is 2.35. The van der Waals surface area contributed by atoms with Gasteiger partial charge < -0.3 is 5.32 Å². The standard InChI is InChI=1S/C14H21ClN2O2S/c1-3-17(13-5-4-8-16-10-13)20(18,19)14-7-6-12(15)9-11(14)2/h6-7,9,13,16H,3-5,8,10H2,1-2H3. The number of sulfonamides is 1. The summed E-state index contributed by atoms with van der Waals surface area (Å²) in [6, 6.07) is 4.97. The van der Waals surface area contributed by atoms with Gasteiger partial charge in [0.2, 0.25) is 10.0 Å². The van der Waals surface area contributed by atoms with Crippen LogP contribution in [-0.4, -0.2) is 38.4 Å². The lowest BCUT2D eigenvalue weighted by atomic mass is 10.1. The summed E-state index contributed by atoms with van der Waals surface area (Å²) in [5.41, 5.74) is 0.694. The van der Waals surface area contributed by atoms with Crippen molar-refractivity contribution in [1.29, 1.82) is 0 Å². The fourth-order valence-corrected chi connectivity index (χ4v) is 4.83. The number of nitrogens with one attached hydrogen (secondary N) is 1. The Kier molecular flexibility index (Phi) is 5.07. The zero-order valence-corrected chi connectivity index (χ0v) is 13.5. The molecule has 0 aromatic heterocycles. The maximum Gasteiger partial charge on any atom is 0.243 e. The van der Waals surface area contributed by atoms with E-state index in [9.17, 15) is 8.42 Å². The van der Waals surface area contributed by atoms with Gasteiger partial charge in [-0.1, -0.05) is 18.5 Å².